The van der Waals surface area contributed by atoms with Crippen molar-refractivity contribution in [1.29, 1.82) is 0 Å². The highest BCUT2D eigenvalue weighted by Crippen LogP contribution is 2.24. The molecule has 0 aliphatic rings. The standard InChI is InChI=1S/C11H12Cl2N4/c1-6(2)17-5-8(4-14-17)11-15-9(12)7(3)10(13)16-11/h4-6H,1-3H3. The highest BCUT2D eigenvalue weighted by Gasteiger charge is 2.11. The monoisotopic (exact) mass is 270 g/mol. The van der Waals surface area contributed by atoms with E-state index in [1.54, 1.807) is 13.1 Å². The van der Waals surface area contributed by atoms with Crippen molar-refractivity contribution in [1.82, 2.24) is 19.7 Å². The number of nitrogens with zero attached hydrogens (tertiary/aromatic N) is 4. The van der Waals surface area contributed by atoms with Crippen LogP contribution in [0.3, 0.4) is 0 Å². The molecule has 0 spiro atoms. The number of aromatic nitrogens is 4. The van der Waals surface area contributed by atoms with E-state index in [4.69, 9.17) is 23.2 Å². The molecule has 4 nitrogen and oxygen atoms in total. The maximum Gasteiger partial charge on any atom is 0.165 e. The van der Waals surface area contributed by atoms with Gasteiger partial charge in [-0.15, -0.1) is 0 Å². The van der Waals surface area contributed by atoms with Gasteiger partial charge in [-0.05, 0) is 20.8 Å². The second-order valence-corrected chi connectivity index (χ2v) is 4.77. The van der Waals surface area contributed by atoms with Gasteiger partial charge in [-0.1, -0.05) is 23.2 Å². The van der Waals surface area contributed by atoms with E-state index in [0.717, 1.165) is 5.56 Å². The lowest BCUT2D eigenvalue weighted by molar-refractivity contribution is 0.532. The fourth-order valence-electron chi connectivity index (χ4n) is 1.33. The second-order valence-electron chi connectivity index (χ2n) is 4.06. The summed E-state index contributed by atoms with van der Waals surface area (Å²) in [7, 11) is 0. The summed E-state index contributed by atoms with van der Waals surface area (Å²) in [5, 5.41) is 4.97. The zero-order chi connectivity index (χ0) is 12.6. The number of hydrogen-bond acceptors (Lipinski definition) is 3. The van der Waals surface area contributed by atoms with Gasteiger partial charge >= 0.3 is 0 Å². The van der Waals surface area contributed by atoms with Gasteiger partial charge in [0.05, 0.1) is 11.8 Å². The largest absolute Gasteiger partial charge is 0.270 e. The SMILES string of the molecule is Cc1c(Cl)nc(-c2cnn(C(C)C)c2)nc1Cl. The van der Waals surface area contributed by atoms with Crippen LogP contribution in [0.25, 0.3) is 11.4 Å². The molecule has 0 bridgehead atoms. The van der Waals surface area contributed by atoms with Crippen molar-refractivity contribution in [2.75, 3.05) is 0 Å². The Hall–Kier alpha value is -1.13. The lowest BCUT2D eigenvalue weighted by Gasteiger charge is -2.04. The predicted octanol–water partition coefficient (Wildman–Crippen LogP) is 3.54. The first-order valence-corrected chi connectivity index (χ1v) is 5.98. The van der Waals surface area contributed by atoms with Crippen LogP contribution >= 0.6 is 23.2 Å². The predicted molar refractivity (Wildman–Crippen MR) is 68.4 cm³/mol. The summed E-state index contributed by atoms with van der Waals surface area (Å²) in [5.41, 5.74) is 1.50. The molecule has 0 aromatic carbocycles. The molecule has 0 fully saturated rings. The Kier molecular flexibility index (Phi) is 3.35. The smallest absolute Gasteiger partial charge is 0.165 e. The minimum Gasteiger partial charge on any atom is -0.270 e. The van der Waals surface area contributed by atoms with Crippen molar-refractivity contribution in [3.8, 4) is 11.4 Å². The summed E-state index contributed by atoms with van der Waals surface area (Å²) >= 11 is 12.0. The molecule has 0 radical (unpaired) electrons. The van der Waals surface area contributed by atoms with Crippen LogP contribution in [0.1, 0.15) is 25.5 Å². The molecule has 2 aromatic rings. The fourth-order valence-corrected chi connectivity index (χ4v) is 1.72. The third kappa shape index (κ3) is 2.42. The van der Waals surface area contributed by atoms with Gasteiger partial charge < -0.3 is 0 Å². The first-order valence-electron chi connectivity index (χ1n) is 5.23. The van der Waals surface area contributed by atoms with Crippen molar-refractivity contribution in [3.63, 3.8) is 0 Å². The third-order valence-electron chi connectivity index (χ3n) is 2.42. The van der Waals surface area contributed by atoms with Crippen molar-refractivity contribution >= 4 is 23.2 Å². The van der Waals surface area contributed by atoms with Crippen molar-refractivity contribution in [3.05, 3.63) is 28.3 Å². The topological polar surface area (TPSA) is 43.6 Å². The minimum atomic E-state index is 0.292. The zero-order valence-electron chi connectivity index (χ0n) is 9.78. The van der Waals surface area contributed by atoms with E-state index in [9.17, 15) is 0 Å². The van der Waals surface area contributed by atoms with E-state index in [1.807, 2.05) is 24.7 Å². The Balaban J connectivity index is 2.46. The van der Waals surface area contributed by atoms with Crippen LogP contribution in [-0.4, -0.2) is 19.7 Å². The molecular weight excluding hydrogens is 259 g/mol. The van der Waals surface area contributed by atoms with Crippen LogP contribution < -0.4 is 0 Å². The molecule has 2 heterocycles. The summed E-state index contributed by atoms with van der Waals surface area (Å²) < 4.78 is 1.83. The molecule has 0 saturated carbocycles. The van der Waals surface area contributed by atoms with E-state index < -0.39 is 0 Å². The van der Waals surface area contributed by atoms with Crippen molar-refractivity contribution in [2.45, 2.75) is 26.8 Å². The second kappa shape index (κ2) is 4.63. The Bertz CT molecular complexity index is 525. The highest BCUT2D eigenvalue weighted by atomic mass is 35.5. The van der Waals surface area contributed by atoms with Crippen LogP contribution in [0.4, 0.5) is 0 Å². The molecule has 90 valence electrons. The van der Waals surface area contributed by atoms with E-state index in [2.05, 4.69) is 15.1 Å². The maximum absolute atomic E-state index is 5.98. The van der Waals surface area contributed by atoms with Crippen molar-refractivity contribution < 1.29 is 0 Å². The molecule has 0 amide bonds. The van der Waals surface area contributed by atoms with Gasteiger partial charge in [0, 0.05) is 17.8 Å². The minimum absolute atomic E-state index is 0.292. The first-order chi connectivity index (χ1) is 7.99. The Morgan fingerprint density at radius 3 is 2.24 bits per heavy atom. The summed E-state index contributed by atoms with van der Waals surface area (Å²) in [6.45, 7) is 5.88. The van der Waals surface area contributed by atoms with E-state index in [1.165, 1.54) is 0 Å². The van der Waals surface area contributed by atoms with Crippen LogP contribution in [0.15, 0.2) is 12.4 Å². The molecule has 0 aliphatic heterocycles. The highest BCUT2D eigenvalue weighted by molar-refractivity contribution is 6.34. The fraction of sp³-hybridized carbons (Fsp3) is 0.364. The van der Waals surface area contributed by atoms with Gasteiger partial charge in [0.15, 0.2) is 5.82 Å². The van der Waals surface area contributed by atoms with E-state index in [0.29, 0.717) is 27.7 Å². The number of rotatable bonds is 2. The average Bonchev–Trinajstić information content (AvgIpc) is 2.74. The van der Waals surface area contributed by atoms with Gasteiger partial charge in [0.25, 0.3) is 0 Å². The summed E-state index contributed by atoms with van der Waals surface area (Å²) in [5.74, 6) is 0.498. The Morgan fingerprint density at radius 1 is 1.18 bits per heavy atom. The molecule has 0 unspecified atom stereocenters. The van der Waals surface area contributed by atoms with Crippen LogP contribution in [0.5, 0.6) is 0 Å². The van der Waals surface area contributed by atoms with Gasteiger partial charge in [-0.2, -0.15) is 5.10 Å². The van der Waals surface area contributed by atoms with Crippen LogP contribution in [0, 0.1) is 6.92 Å². The average molecular weight is 271 g/mol. The van der Waals surface area contributed by atoms with Gasteiger partial charge in [-0.25, -0.2) is 9.97 Å². The summed E-state index contributed by atoms with van der Waals surface area (Å²) in [6.07, 6.45) is 3.58. The molecule has 2 aromatic heterocycles. The van der Waals surface area contributed by atoms with E-state index in [-0.39, 0.29) is 0 Å². The van der Waals surface area contributed by atoms with Gasteiger partial charge in [-0.3, -0.25) is 4.68 Å². The Labute approximate surface area is 110 Å². The lowest BCUT2D eigenvalue weighted by atomic mass is 10.3. The van der Waals surface area contributed by atoms with Gasteiger partial charge in [0.1, 0.15) is 10.3 Å². The molecule has 0 N–H and O–H groups in total. The zero-order valence-corrected chi connectivity index (χ0v) is 11.3. The normalized spacial score (nSPS) is 11.2. The van der Waals surface area contributed by atoms with Crippen molar-refractivity contribution in [2.24, 2.45) is 0 Å². The number of halogens is 2. The van der Waals surface area contributed by atoms with Gasteiger partial charge in [0.2, 0.25) is 0 Å². The molecule has 0 saturated heterocycles. The van der Waals surface area contributed by atoms with Crippen LogP contribution in [-0.2, 0) is 0 Å². The van der Waals surface area contributed by atoms with E-state index >= 15 is 0 Å². The molecule has 17 heavy (non-hydrogen) atoms. The first kappa shape index (κ1) is 12.3. The molecule has 6 heteroatoms. The molecule has 0 aliphatic carbocycles. The quantitative estimate of drug-likeness (QED) is 0.785. The lowest BCUT2D eigenvalue weighted by Crippen LogP contribution is -2.00. The Morgan fingerprint density at radius 2 is 1.76 bits per heavy atom. The molecule has 2 rings (SSSR count). The maximum atomic E-state index is 5.98. The number of hydrogen-bond donors (Lipinski definition) is 0. The summed E-state index contributed by atoms with van der Waals surface area (Å²) in [4.78, 5) is 8.39. The molecular formula is C11H12Cl2N4. The van der Waals surface area contributed by atoms with Crippen LogP contribution in [0.2, 0.25) is 10.3 Å². The molecule has 0 atom stereocenters. The third-order valence-corrected chi connectivity index (χ3v) is 3.15. The summed E-state index contributed by atoms with van der Waals surface area (Å²) in [6, 6.07) is 0.292.